The van der Waals surface area contributed by atoms with Crippen molar-refractivity contribution in [3.05, 3.63) is 87.2 Å². The Bertz CT molecular complexity index is 1650. The number of aromatic carboxylic acids is 1. The molecule has 0 aliphatic carbocycles. The summed E-state index contributed by atoms with van der Waals surface area (Å²) < 4.78 is 35.3. The molecule has 0 bridgehead atoms. The number of ether oxygens (including phenoxy) is 1. The third kappa shape index (κ3) is 5.33. The molecule has 2 amide bonds. The van der Waals surface area contributed by atoms with Crippen molar-refractivity contribution in [1.82, 2.24) is 10.8 Å². The van der Waals surface area contributed by atoms with Crippen LogP contribution in [0.2, 0.25) is 10.0 Å². The van der Waals surface area contributed by atoms with Crippen molar-refractivity contribution in [3.8, 4) is 11.5 Å². The van der Waals surface area contributed by atoms with Gasteiger partial charge < -0.3 is 25.3 Å². The highest BCUT2D eigenvalue weighted by atomic mass is 35.5. The van der Waals surface area contributed by atoms with Crippen LogP contribution in [-0.4, -0.2) is 48.8 Å². The number of amides is 2. The number of benzene rings is 3. The zero-order valence-corrected chi connectivity index (χ0v) is 25.4. The van der Waals surface area contributed by atoms with Crippen molar-refractivity contribution in [1.29, 1.82) is 0 Å². The van der Waals surface area contributed by atoms with Gasteiger partial charge in [0.1, 0.15) is 11.2 Å². The van der Waals surface area contributed by atoms with E-state index in [9.17, 15) is 23.9 Å². The molecule has 3 aromatic rings. The third-order valence-electron chi connectivity index (χ3n) is 8.20. The predicted molar refractivity (Wildman–Crippen MR) is 160 cm³/mol. The molecule has 44 heavy (non-hydrogen) atoms. The molecule has 0 unspecified atom stereocenters. The number of hydroxylamine groups is 1. The van der Waals surface area contributed by atoms with Gasteiger partial charge in [-0.3, -0.25) is 14.0 Å². The normalized spacial score (nSPS) is 22.4. The highest BCUT2D eigenvalue weighted by Gasteiger charge is 2.66. The molecule has 5 rings (SSSR count). The van der Waals surface area contributed by atoms with Crippen molar-refractivity contribution in [2.24, 2.45) is 5.41 Å². The topological polar surface area (TPSA) is 126 Å². The van der Waals surface area contributed by atoms with Crippen molar-refractivity contribution >= 4 is 46.7 Å². The van der Waals surface area contributed by atoms with E-state index >= 15 is 4.39 Å². The summed E-state index contributed by atoms with van der Waals surface area (Å²) in [5.41, 5.74) is 0.587. The van der Waals surface area contributed by atoms with Crippen LogP contribution < -0.4 is 25.7 Å². The van der Waals surface area contributed by atoms with E-state index in [4.69, 9.17) is 32.8 Å². The molecule has 9 nitrogen and oxygen atoms in total. The molecule has 232 valence electrons. The Kier molecular flexibility index (Phi) is 8.50. The van der Waals surface area contributed by atoms with Gasteiger partial charge in [-0.1, -0.05) is 55.2 Å². The summed E-state index contributed by atoms with van der Waals surface area (Å²) in [6.45, 7) is 2.66. The number of carboxylic acid groups (broad SMARTS) is 1. The van der Waals surface area contributed by atoms with Gasteiger partial charge >= 0.3 is 5.97 Å². The van der Waals surface area contributed by atoms with Crippen LogP contribution in [0, 0.1) is 11.2 Å². The van der Waals surface area contributed by atoms with Gasteiger partial charge in [-0.2, -0.15) is 5.48 Å². The molecule has 2 heterocycles. The SMILES string of the molecule is COc1cc(C(=O)O)ccc1ONC(=O)[C@@H]1N[C@@H](CC(C)(C)CF)[C@@]2(C(=O)Nc3cc(Cl)ccc32)[C@H]1c1cccc(Cl)c1F. The summed E-state index contributed by atoms with van der Waals surface area (Å²) in [6.07, 6.45) is 0.0901. The quantitative estimate of drug-likeness (QED) is 0.221. The second-order valence-electron chi connectivity index (χ2n) is 11.6. The van der Waals surface area contributed by atoms with E-state index in [0.717, 1.165) is 0 Å². The van der Waals surface area contributed by atoms with Crippen LogP contribution in [0.15, 0.2) is 54.6 Å². The number of fused-ring (bicyclic) bond motifs is 2. The first-order valence-corrected chi connectivity index (χ1v) is 14.3. The summed E-state index contributed by atoms with van der Waals surface area (Å²) in [4.78, 5) is 45.0. The largest absolute Gasteiger partial charge is 0.493 e. The number of halogens is 4. The van der Waals surface area contributed by atoms with E-state index in [1.54, 1.807) is 32.0 Å². The number of hydrogen-bond donors (Lipinski definition) is 4. The second-order valence-corrected chi connectivity index (χ2v) is 12.4. The summed E-state index contributed by atoms with van der Waals surface area (Å²) in [7, 11) is 1.30. The molecule has 1 saturated heterocycles. The summed E-state index contributed by atoms with van der Waals surface area (Å²) in [5.74, 6) is -4.47. The van der Waals surface area contributed by atoms with Crippen LogP contribution in [-0.2, 0) is 15.0 Å². The Hall–Kier alpha value is -3.93. The number of anilines is 1. The molecule has 0 aromatic heterocycles. The van der Waals surface area contributed by atoms with E-state index in [1.165, 1.54) is 43.5 Å². The van der Waals surface area contributed by atoms with Crippen LogP contribution >= 0.6 is 23.2 Å². The maximum atomic E-state index is 15.9. The number of rotatable bonds is 9. The minimum absolute atomic E-state index is 0.00208. The number of methoxy groups -OCH3 is 1. The number of hydrogen-bond acceptors (Lipinski definition) is 6. The average molecular weight is 648 g/mol. The number of carbonyl (C=O) groups excluding carboxylic acids is 2. The van der Waals surface area contributed by atoms with Gasteiger partial charge in [0.25, 0.3) is 5.91 Å². The fourth-order valence-corrected chi connectivity index (χ4v) is 6.55. The number of alkyl halides is 1. The van der Waals surface area contributed by atoms with Gasteiger partial charge in [0, 0.05) is 22.7 Å². The van der Waals surface area contributed by atoms with E-state index in [1.807, 2.05) is 0 Å². The molecule has 13 heteroatoms. The van der Waals surface area contributed by atoms with Crippen LogP contribution in [0.4, 0.5) is 14.5 Å². The molecular weight excluding hydrogens is 619 g/mol. The van der Waals surface area contributed by atoms with Gasteiger partial charge in [0.05, 0.1) is 30.4 Å². The Morgan fingerprint density at radius 1 is 1.11 bits per heavy atom. The lowest BCUT2D eigenvalue weighted by Gasteiger charge is -2.38. The first-order valence-electron chi connectivity index (χ1n) is 13.6. The van der Waals surface area contributed by atoms with Gasteiger partial charge in [-0.05, 0) is 59.4 Å². The van der Waals surface area contributed by atoms with E-state index in [-0.39, 0.29) is 34.1 Å². The van der Waals surface area contributed by atoms with E-state index in [2.05, 4.69) is 16.1 Å². The monoisotopic (exact) mass is 647 g/mol. The van der Waals surface area contributed by atoms with Crippen molar-refractivity contribution in [3.63, 3.8) is 0 Å². The molecule has 2 aliphatic heterocycles. The molecule has 3 aromatic carbocycles. The molecule has 0 saturated carbocycles. The van der Waals surface area contributed by atoms with E-state index in [0.29, 0.717) is 16.3 Å². The Labute approximate surface area is 261 Å². The molecule has 0 radical (unpaired) electrons. The Morgan fingerprint density at radius 2 is 1.86 bits per heavy atom. The zero-order valence-electron chi connectivity index (χ0n) is 23.8. The Morgan fingerprint density at radius 3 is 2.55 bits per heavy atom. The molecule has 1 fully saturated rings. The van der Waals surface area contributed by atoms with Gasteiger partial charge in [0.2, 0.25) is 5.91 Å². The maximum absolute atomic E-state index is 15.9. The lowest BCUT2D eigenvalue weighted by molar-refractivity contribution is -0.130. The van der Waals surface area contributed by atoms with Gasteiger partial charge in [0.15, 0.2) is 11.5 Å². The van der Waals surface area contributed by atoms with E-state index < -0.39 is 59.1 Å². The Balaban J connectivity index is 1.63. The van der Waals surface area contributed by atoms with Crippen molar-refractivity contribution in [2.75, 3.05) is 19.1 Å². The summed E-state index contributed by atoms with van der Waals surface area (Å²) in [5, 5.41) is 15.5. The van der Waals surface area contributed by atoms with Crippen LogP contribution in [0.1, 0.15) is 47.7 Å². The lowest BCUT2D eigenvalue weighted by Crippen LogP contribution is -2.50. The lowest BCUT2D eigenvalue weighted by atomic mass is 9.62. The molecule has 1 spiro atoms. The number of carboxylic acids is 1. The fraction of sp³-hybridized carbons (Fsp3) is 0.323. The predicted octanol–water partition coefficient (Wildman–Crippen LogP) is 5.65. The number of nitrogens with one attached hydrogen (secondary N) is 3. The highest BCUT2D eigenvalue weighted by molar-refractivity contribution is 6.31. The second kappa shape index (κ2) is 11.9. The maximum Gasteiger partial charge on any atom is 0.335 e. The van der Waals surface area contributed by atoms with Crippen LogP contribution in [0.25, 0.3) is 0 Å². The summed E-state index contributed by atoms with van der Waals surface area (Å²) in [6, 6.07) is 10.8. The minimum atomic E-state index is -1.60. The number of carbonyl (C=O) groups is 3. The average Bonchev–Trinajstić information content (AvgIpc) is 3.46. The standard InChI is InChI=1S/C31H29Cl2F2N3O6/c1-30(2,14-34)13-23-31(18-9-8-16(32)12-20(18)36-29(31)42)24(17-5-4-6-19(33)25(17)35)26(37-23)27(39)38-44-21-10-7-15(28(40)41)11-22(21)43-3/h4-12,23-24,26,37H,13-14H2,1-3H3,(H,36,42)(H,38,39)(H,40,41)/t23-,24-,26+,31+/m0/s1. The summed E-state index contributed by atoms with van der Waals surface area (Å²) >= 11 is 12.4. The minimum Gasteiger partial charge on any atom is -0.493 e. The van der Waals surface area contributed by atoms with Crippen LogP contribution in [0.3, 0.4) is 0 Å². The van der Waals surface area contributed by atoms with Gasteiger partial charge in [-0.25, -0.2) is 9.18 Å². The molecule has 4 atom stereocenters. The smallest absolute Gasteiger partial charge is 0.335 e. The third-order valence-corrected chi connectivity index (χ3v) is 8.72. The first-order chi connectivity index (χ1) is 20.8. The fourth-order valence-electron chi connectivity index (χ4n) is 6.20. The molecule has 4 N–H and O–H groups in total. The first kappa shape index (κ1) is 31.5. The van der Waals surface area contributed by atoms with Gasteiger partial charge in [-0.15, -0.1) is 0 Å². The molecule has 2 aliphatic rings. The highest BCUT2D eigenvalue weighted by Crippen LogP contribution is 2.57. The van der Waals surface area contributed by atoms with Crippen molar-refractivity contribution in [2.45, 2.75) is 43.7 Å². The van der Waals surface area contributed by atoms with Crippen molar-refractivity contribution < 1.29 is 37.8 Å². The van der Waals surface area contributed by atoms with Crippen LogP contribution in [0.5, 0.6) is 11.5 Å². The molecular formula is C31H29Cl2F2N3O6. The zero-order chi connectivity index (χ0) is 32.0.